The number of alkyl halides is 3. The second kappa shape index (κ2) is 6.12. The van der Waals surface area contributed by atoms with E-state index in [-0.39, 0.29) is 16.7 Å². The summed E-state index contributed by atoms with van der Waals surface area (Å²) in [6.07, 6.45) is 3.33. The molecule has 4 aliphatic rings. The van der Waals surface area contributed by atoms with Crippen molar-refractivity contribution < 1.29 is 17.9 Å². The van der Waals surface area contributed by atoms with E-state index >= 15 is 0 Å². The molecule has 0 aromatic rings. The molecule has 4 fully saturated rings. The molecule has 0 aliphatic heterocycles. The van der Waals surface area contributed by atoms with Gasteiger partial charge in [0.25, 0.3) is 0 Å². The smallest absolute Gasteiger partial charge is 0.289 e. The summed E-state index contributed by atoms with van der Waals surface area (Å²) in [6.45, 7) is 4.55. The Balaban J connectivity index is 1.57. The number of nitrogens with zero attached hydrogens (tertiary/aromatic N) is 1. The van der Waals surface area contributed by atoms with Crippen molar-refractivity contribution in [2.24, 2.45) is 40.4 Å². The van der Waals surface area contributed by atoms with E-state index in [9.17, 15) is 18.4 Å². The highest BCUT2D eigenvalue weighted by molar-refractivity contribution is 5.12. The number of fused-ring (bicyclic) bond motifs is 5. The van der Waals surface area contributed by atoms with Crippen LogP contribution >= 0.6 is 0 Å². The molecule has 0 bridgehead atoms. The quantitative estimate of drug-likeness (QED) is 0.562. The van der Waals surface area contributed by atoms with E-state index in [0.717, 1.165) is 38.5 Å². The topological polar surface area (TPSA) is 33.0 Å². The van der Waals surface area contributed by atoms with Crippen LogP contribution < -0.4 is 0 Å². The van der Waals surface area contributed by atoms with Crippen LogP contribution in [0.5, 0.6) is 0 Å². The molecule has 0 aromatic carbocycles. The van der Waals surface area contributed by atoms with Crippen molar-refractivity contribution in [1.82, 2.24) is 0 Å². The lowest BCUT2D eigenvalue weighted by Crippen LogP contribution is -2.54. The van der Waals surface area contributed by atoms with Crippen molar-refractivity contribution in [2.45, 2.75) is 84.1 Å². The van der Waals surface area contributed by atoms with Crippen LogP contribution in [-0.2, 0) is 4.74 Å². The SMILES string of the molecule is CC12CCC3[C@@H](CCC4CC[C@@H](OC(F)(F)F)CC43C)C1CCC2C#N. The number of hydrogen-bond acceptors (Lipinski definition) is 2. The van der Waals surface area contributed by atoms with Crippen molar-refractivity contribution in [1.29, 1.82) is 5.26 Å². The molecule has 0 radical (unpaired) electrons. The fourth-order valence-corrected chi connectivity index (χ4v) is 7.81. The zero-order valence-corrected chi connectivity index (χ0v) is 15.8. The van der Waals surface area contributed by atoms with E-state index in [4.69, 9.17) is 0 Å². The average Bonchev–Trinajstić information content (AvgIpc) is 2.89. The van der Waals surface area contributed by atoms with E-state index in [2.05, 4.69) is 24.7 Å². The van der Waals surface area contributed by atoms with Gasteiger partial charge in [0.2, 0.25) is 0 Å². The van der Waals surface area contributed by atoms with Crippen LogP contribution in [0.1, 0.15) is 71.6 Å². The molecule has 8 atom stereocenters. The van der Waals surface area contributed by atoms with E-state index < -0.39 is 12.5 Å². The van der Waals surface area contributed by atoms with Gasteiger partial charge >= 0.3 is 6.36 Å². The summed E-state index contributed by atoms with van der Waals surface area (Å²) in [7, 11) is 0. The van der Waals surface area contributed by atoms with Gasteiger partial charge in [0, 0.05) is 0 Å². The first kappa shape index (κ1) is 18.6. The predicted molar refractivity (Wildman–Crippen MR) is 91.8 cm³/mol. The molecule has 2 nitrogen and oxygen atoms in total. The lowest BCUT2D eigenvalue weighted by molar-refractivity contribution is -0.351. The highest BCUT2D eigenvalue weighted by atomic mass is 19.4. The summed E-state index contributed by atoms with van der Waals surface area (Å²) < 4.78 is 42.8. The lowest BCUT2D eigenvalue weighted by Gasteiger charge is -2.61. The summed E-state index contributed by atoms with van der Waals surface area (Å²) >= 11 is 0. The van der Waals surface area contributed by atoms with E-state index in [1.807, 2.05) is 0 Å². The molecule has 0 saturated heterocycles. The van der Waals surface area contributed by atoms with E-state index in [1.165, 1.54) is 6.42 Å². The number of nitriles is 1. The first-order valence-corrected chi connectivity index (χ1v) is 10.3. The first-order chi connectivity index (χ1) is 12.2. The fraction of sp³-hybridized carbons (Fsp3) is 0.952. The first-order valence-electron chi connectivity index (χ1n) is 10.3. The van der Waals surface area contributed by atoms with Crippen LogP contribution in [0.2, 0.25) is 0 Å². The third kappa shape index (κ3) is 2.79. The second-order valence-electron chi connectivity index (χ2n) is 9.93. The maximum Gasteiger partial charge on any atom is 0.522 e. The van der Waals surface area contributed by atoms with Crippen molar-refractivity contribution in [3.63, 3.8) is 0 Å². The minimum Gasteiger partial charge on any atom is -0.289 e. The molecule has 146 valence electrons. The molecule has 4 aliphatic carbocycles. The van der Waals surface area contributed by atoms with E-state index in [1.54, 1.807) is 0 Å². The van der Waals surface area contributed by atoms with Gasteiger partial charge in [-0.3, -0.25) is 4.74 Å². The Labute approximate surface area is 154 Å². The molecule has 6 unspecified atom stereocenters. The van der Waals surface area contributed by atoms with Gasteiger partial charge in [0.15, 0.2) is 0 Å². The Morgan fingerprint density at radius 2 is 1.62 bits per heavy atom. The monoisotopic (exact) mass is 369 g/mol. The molecular weight excluding hydrogens is 339 g/mol. The third-order valence-corrected chi connectivity index (χ3v) is 9.03. The number of halogens is 3. The largest absolute Gasteiger partial charge is 0.522 e. The standard InChI is InChI=1S/C21H30F3NO/c1-19-10-9-18-16(17(19)8-5-14(19)12-25)7-4-13-3-6-15(11-20(13,18)2)26-21(22,23)24/h13-18H,3-11H2,1-2H3/t13?,14?,15-,16+,17?,18?,19?,20?/m1/s1. The zero-order valence-electron chi connectivity index (χ0n) is 15.8. The Morgan fingerprint density at radius 3 is 2.31 bits per heavy atom. The third-order valence-electron chi connectivity index (χ3n) is 9.03. The van der Waals surface area contributed by atoms with Gasteiger partial charge in [-0.1, -0.05) is 13.8 Å². The van der Waals surface area contributed by atoms with Crippen molar-refractivity contribution in [3.8, 4) is 6.07 Å². The lowest BCUT2D eigenvalue weighted by atomic mass is 9.44. The van der Waals surface area contributed by atoms with Gasteiger partial charge < -0.3 is 0 Å². The number of rotatable bonds is 1. The molecule has 0 N–H and O–H groups in total. The van der Waals surface area contributed by atoms with Crippen LogP contribution in [0.15, 0.2) is 0 Å². The molecule has 4 rings (SSSR count). The summed E-state index contributed by atoms with van der Waals surface area (Å²) in [4.78, 5) is 0. The number of ether oxygens (including phenoxy) is 1. The molecule has 26 heavy (non-hydrogen) atoms. The van der Waals surface area contributed by atoms with Gasteiger partial charge in [0.1, 0.15) is 0 Å². The van der Waals surface area contributed by atoms with E-state index in [0.29, 0.717) is 36.5 Å². The van der Waals surface area contributed by atoms with Crippen LogP contribution in [0, 0.1) is 51.8 Å². The van der Waals surface area contributed by atoms with Gasteiger partial charge in [0.05, 0.1) is 18.1 Å². The maximum absolute atomic E-state index is 12.8. The van der Waals surface area contributed by atoms with Crippen molar-refractivity contribution in [3.05, 3.63) is 0 Å². The minimum atomic E-state index is -4.53. The summed E-state index contributed by atoms with van der Waals surface area (Å²) in [6, 6.07) is 2.55. The summed E-state index contributed by atoms with van der Waals surface area (Å²) in [5.74, 6) is 2.35. The minimum absolute atomic E-state index is 0.0385. The van der Waals surface area contributed by atoms with Crippen LogP contribution in [0.4, 0.5) is 13.2 Å². The highest BCUT2D eigenvalue weighted by Crippen LogP contribution is 2.67. The van der Waals surface area contributed by atoms with Gasteiger partial charge in [-0.2, -0.15) is 5.26 Å². The molecule has 0 aromatic heterocycles. The van der Waals surface area contributed by atoms with Crippen molar-refractivity contribution in [2.75, 3.05) is 0 Å². The predicted octanol–water partition coefficient (Wildman–Crippen LogP) is 6.07. The Bertz CT molecular complexity index is 599. The molecule has 0 heterocycles. The molecular formula is C21H30F3NO. The van der Waals surface area contributed by atoms with Crippen LogP contribution in [0.3, 0.4) is 0 Å². The zero-order chi connectivity index (χ0) is 18.7. The fourth-order valence-electron chi connectivity index (χ4n) is 7.81. The van der Waals surface area contributed by atoms with Crippen LogP contribution in [-0.4, -0.2) is 12.5 Å². The normalized spacial score (nSPS) is 51.1. The Morgan fingerprint density at radius 1 is 0.923 bits per heavy atom. The van der Waals surface area contributed by atoms with Gasteiger partial charge in [-0.15, -0.1) is 13.2 Å². The molecule has 0 amide bonds. The van der Waals surface area contributed by atoms with Crippen LogP contribution in [0.25, 0.3) is 0 Å². The Hall–Kier alpha value is -0.760. The van der Waals surface area contributed by atoms with Gasteiger partial charge in [-0.25, -0.2) is 0 Å². The average molecular weight is 369 g/mol. The Kier molecular flexibility index (Phi) is 4.38. The highest BCUT2D eigenvalue weighted by Gasteiger charge is 2.60. The molecule has 4 saturated carbocycles. The maximum atomic E-state index is 12.8. The molecule has 5 heteroatoms. The van der Waals surface area contributed by atoms with Crippen molar-refractivity contribution >= 4 is 0 Å². The second-order valence-corrected chi connectivity index (χ2v) is 9.93. The van der Waals surface area contributed by atoms with Gasteiger partial charge in [-0.05, 0) is 92.3 Å². The number of hydrogen-bond donors (Lipinski definition) is 0. The summed E-state index contributed by atoms with van der Waals surface area (Å²) in [5.41, 5.74) is 0.0821. The summed E-state index contributed by atoms with van der Waals surface area (Å²) in [5, 5.41) is 9.57. The molecule has 0 spiro atoms.